The Morgan fingerprint density at radius 2 is 1.87 bits per heavy atom. The van der Waals surface area contributed by atoms with Gasteiger partial charge in [0.15, 0.2) is 17.4 Å². The van der Waals surface area contributed by atoms with Crippen molar-refractivity contribution in [1.29, 1.82) is 0 Å². The van der Waals surface area contributed by atoms with Crippen LogP contribution >= 0.6 is 0 Å². The Morgan fingerprint density at radius 3 is 2.62 bits per heavy atom. The van der Waals surface area contributed by atoms with Gasteiger partial charge in [0.1, 0.15) is 18.0 Å². The first kappa shape index (κ1) is 26.3. The van der Waals surface area contributed by atoms with Crippen molar-refractivity contribution in [2.45, 2.75) is 19.9 Å². The van der Waals surface area contributed by atoms with Gasteiger partial charge in [-0.2, -0.15) is 5.10 Å². The average molecular weight is 529 g/mol. The third-order valence-electron chi connectivity index (χ3n) is 6.41. The molecule has 1 fully saturated rings. The first-order valence-electron chi connectivity index (χ1n) is 12.9. The maximum absolute atomic E-state index is 12.8. The third-order valence-corrected chi connectivity index (χ3v) is 6.41. The van der Waals surface area contributed by atoms with E-state index >= 15 is 0 Å². The molecule has 0 bridgehead atoms. The van der Waals surface area contributed by atoms with Crippen LogP contribution in [0.25, 0.3) is 11.4 Å². The SMILES string of the molecule is CCC(=O)c1cnc(Nc2cccc(CN3CCOCC3)n2)cc1Nc1cccc(-c2ncn(C)n2)c1OC. The number of aromatic nitrogens is 5. The van der Waals surface area contributed by atoms with Gasteiger partial charge < -0.3 is 20.1 Å². The fraction of sp³-hybridized carbons (Fsp3) is 0.321. The van der Waals surface area contributed by atoms with Crippen LogP contribution in [0.4, 0.5) is 23.0 Å². The normalized spacial score (nSPS) is 13.7. The summed E-state index contributed by atoms with van der Waals surface area (Å²) < 4.78 is 12.8. The van der Waals surface area contributed by atoms with E-state index in [0.29, 0.717) is 46.6 Å². The number of carbonyl (C=O) groups is 1. The number of carbonyl (C=O) groups excluding carboxylic acids is 1. The van der Waals surface area contributed by atoms with Gasteiger partial charge in [-0.25, -0.2) is 15.0 Å². The Balaban J connectivity index is 1.42. The number of morpholine rings is 1. The minimum Gasteiger partial charge on any atom is -0.494 e. The van der Waals surface area contributed by atoms with Crippen LogP contribution in [0.15, 0.2) is 55.0 Å². The molecule has 0 aliphatic carbocycles. The summed E-state index contributed by atoms with van der Waals surface area (Å²) in [6.07, 6.45) is 3.58. The van der Waals surface area contributed by atoms with E-state index in [0.717, 1.165) is 44.1 Å². The Kier molecular flexibility index (Phi) is 8.09. The number of aryl methyl sites for hydroxylation is 1. The van der Waals surface area contributed by atoms with E-state index in [2.05, 4.69) is 30.6 Å². The molecule has 1 saturated heterocycles. The molecule has 0 atom stereocenters. The third kappa shape index (κ3) is 6.21. The second-order valence-electron chi connectivity index (χ2n) is 9.17. The lowest BCUT2D eigenvalue weighted by Crippen LogP contribution is -2.35. The zero-order valence-corrected chi connectivity index (χ0v) is 22.3. The average Bonchev–Trinajstić information content (AvgIpc) is 3.39. The van der Waals surface area contributed by atoms with Crippen LogP contribution in [0.1, 0.15) is 29.4 Å². The van der Waals surface area contributed by atoms with Crippen molar-refractivity contribution in [2.75, 3.05) is 44.0 Å². The van der Waals surface area contributed by atoms with Gasteiger partial charge in [0.2, 0.25) is 0 Å². The van der Waals surface area contributed by atoms with E-state index in [1.165, 1.54) is 0 Å². The molecule has 2 N–H and O–H groups in total. The number of pyridine rings is 2. The zero-order chi connectivity index (χ0) is 27.2. The van der Waals surface area contributed by atoms with Crippen LogP contribution < -0.4 is 15.4 Å². The second-order valence-corrected chi connectivity index (χ2v) is 9.17. The highest BCUT2D eigenvalue weighted by atomic mass is 16.5. The van der Waals surface area contributed by atoms with E-state index in [-0.39, 0.29) is 5.78 Å². The van der Waals surface area contributed by atoms with Crippen LogP contribution in [0.3, 0.4) is 0 Å². The van der Waals surface area contributed by atoms with Crippen molar-refractivity contribution >= 4 is 28.8 Å². The lowest BCUT2D eigenvalue weighted by atomic mass is 10.1. The Hall–Kier alpha value is -4.35. The summed E-state index contributed by atoms with van der Waals surface area (Å²) >= 11 is 0. The molecule has 0 amide bonds. The van der Waals surface area contributed by atoms with Crippen LogP contribution in [0.5, 0.6) is 5.75 Å². The standard InChI is InChI=1S/C28H32N8O3/c1-4-24(37)21-16-29-26(33-25-10-5-7-19(31-25)17-36-11-13-39-14-12-36)15-23(21)32-22-9-6-8-20(27(22)38-3)28-30-18-35(2)34-28/h5-10,15-16,18H,4,11-14,17H2,1-3H3,(H2,29,31,32,33). The molecule has 1 aliphatic heterocycles. The molecule has 1 aromatic carbocycles. The van der Waals surface area contributed by atoms with Crippen molar-refractivity contribution in [1.82, 2.24) is 29.6 Å². The first-order valence-corrected chi connectivity index (χ1v) is 12.9. The van der Waals surface area contributed by atoms with Gasteiger partial charge in [0.25, 0.3) is 0 Å². The molecule has 3 aromatic heterocycles. The largest absolute Gasteiger partial charge is 0.494 e. The maximum atomic E-state index is 12.8. The van der Waals surface area contributed by atoms with E-state index in [1.54, 1.807) is 24.3 Å². The summed E-state index contributed by atoms with van der Waals surface area (Å²) in [5.41, 5.74) is 3.46. The fourth-order valence-electron chi connectivity index (χ4n) is 4.44. The summed E-state index contributed by atoms with van der Waals surface area (Å²) in [5.74, 6) is 2.33. The van der Waals surface area contributed by atoms with Crippen molar-refractivity contribution in [3.8, 4) is 17.1 Å². The number of hydrogen-bond acceptors (Lipinski definition) is 10. The summed E-state index contributed by atoms with van der Waals surface area (Å²) in [6.45, 7) is 5.85. The maximum Gasteiger partial charge on any atom is 0.184 e. The number of ether oxygens (including phenoxy) is 2. The number of rotatable bonds is 10. The highest BCUT2D eigenvalue weighted by Gasteiger charge is 2.18. The summed E-state index contributed by atoms with van der Waals surface area (Å²) in [5, 5.41) is 11.1. The van der Waals surface area contributed by atoms with Gasteiger partial charge in [-0.3, -0.25) is 14.4 Å². The molecular formula is C28H32N8O3. The number of nitrogens with zero attached hydrogens (tertiary/aromatic N) is 6. The topological polar surface area (TPSA) is 119 Å². The van der Waals surface area contributed by atoms with Crippen molar-refractivity contribution in [2.24, 2.45) is 7.05 Å². The minimum absolute atomic E-state index is 0.0244. The second kappa shape index (κ2) is 12.0. The number of para-hydroxylation sites is 1. The molecule has 1 aliphatic rings. The van der Waals surface area contributed by atoms with Crippen LogP contribution in [-0.2, 0) is 18.3 Å². The van der Waals surface area contributed by atoms with E-state index in [9.17, 15) is 4.79 Å². The minimum atomic E-state index is -0.0244. The van der Waals surface area contributed by atoms with Gasteiger partial charge in [-0.1, -0.05) is 19.1 Å². The lowest BCUT2D eigenvalue weighted by Gasteiger charge is -2.26. The number of methoxy groups -OCH3 is 1. The van der Waals surface area contributed by atoms with E-state index in [4.69, 9.17) is 14.5 Å². The fourth-order valence-corrected chi connectivity index (χ4v) is 4.44. The van der Waals surface area contributed by atoms with Gasteiger partial charge in [-0.15, -0.1) is 0 Å². The molecule has 11 nitrogen and oxygen atoms in total. The molecule has 4 heterocycles. The van der Waals surface area contributed by atoms with Gasteiger partial charge >= 0.3 is 0 Å². The van der Waals surface area contributed by atoms with Crippen molar-refractivity contribution in [3.05, 3.63) is 66.2 Å². The number of anilines is 4. The van der Waals surface area contributed by atoms with Gasteiger partial charge in [0.05, 0.1) is 48.5 Å². The number of hydrogen-bond donors (Lipinski definition) is 2. The Labute approximate surface area is 227 Å². The monoisotopic (exact) mass is 528 g/mol. The van der Waals surface area contributed by atoms with Crippen molar-refractivity contribution in [3.63, 3.8) is 0 Å². The predicted octanol–water partition coefficient (Wildman–Crippen LogP) is 4.19. The number of nitrogens with one attached hydrogen (secondary N) is 2. The number of Topliss-reactive ketones (excluding diaryl/α,β-unsaturated/α-hetero) is 1. The highest BCUT2D eigenvalue weighted by molar-refractivity contribution is 6.02. The Bertz CT molecular complexity index is 1450. The molecule has 39 heavy (non-hydrogen) atoms. The van der Waals surface area contributed by atoms with Gasteiger partial charge in [-0.05, 0) is 24.3 Å². The molecule has 0 unspecified atom stereocenters. The highest BCUT2D eigenvalue weighted by Crippen LogP contribution is 2.37. The number of benzene rings is 1. The first-order chi connectivity index (χ1) is 19.0. The molecule has 0 radical (unpaired) electrons. The molecule has 0 saturated carbocycles. The summed E-state index contributed by atoms with van der Waals surface area (Å²) in [7, 11) is 3.41. The smallest absolute Gasteiger partial charge is 0.184 e. The predicted molar refractivity (Wildman–Crippen MR) is 149 cm³/mol. The molecule has 0 spiro atoms. The number of ketones is 1. The van der Waals surface area contributed by atoms with Gasteiger partial charge in [0, 0.05) is 45.4 Å². The lowest BCUT2D eigenvalue weighted by molar-refractivity contribution is 0.0337. The Morgan fingerprint density at radius 1 is 1.05 bits per heavy atom. The molecule has 202 valence electrons. The van der Waals surface area contributed by atoms with Crippen LogP contribution in [0, 0.1) is 0 Å². The summed E-state index contributed by atoms with van der Waals surface area (Å²) in [4.78, 5) is 28.8. The van der Waals surface area contributed by atoms with Crippen LogP contribution in [-0.4, -0.2) is 68.8 Å². The molecule has 5 rings (SSSR count). The molecular weight excluding hydrogens is 496 g/mol. The summed E-state index contributed by atoms with van der Waals surface area (Å²) in [6, 6.07) is 13.4. The zero-order valence-electron chi connectivity index (χ0n) is 22.3. The van der Waals surface area contributed by atoms with E-state index < -0.39 is 0 Å². The van der Waals surface area contributed by atoms with Crippen LogP contribution in [0.2, 0.25) is 0 Å². The quantitative estimate of drug-likeness (QED) is 0.290. The molecule has 4 aromatic rings. The molecule has 11 heteroatoms. The van der Waals surface area contributed by atoms with E-state index in [1.807, 2.05) is 56.4 Å². The van der Waals surface area contributed by atoms with Crippen molar-refractivity contribution < 1.29 is 14.3 Å².